The highest BCUT2D eigenvalue weighted by Crippen LogP contribution is 2.33. The molecular formula is C14H20O4. The van der Waals surface area contributed by atoms with Crippen LogP contribution in [0.1, 0.15) is 25.8 Å². The van der Waals surface area contributed by atoms with Crippen molar-refractivity contribution in [3.63, 3.8) is 0 Å². The van der Waals surface area contributed by atoms with Crippen molar-refractivity contribution in [2.45, 2.75) is 44.5 Å². The lowest BCUT2D eigenvalue weighted by Crippen LogP contribution is -2.48. The van der Waals surface area contributed by atoms with Crippen LogP contribution in [-0.4, -0.2) is 35.1 Å². The van der Waals surface area contributed by atoms with Crippen LogP contribution >= 0.6 is 0 Å². The Balaban J connectivity index is 2.32. The maximum absolute atomic E-state index is 10.1. The molecule has 0 bridgehead atoms. The Morgan fingerprint density at radius 3 is 2.72 bits per heavy atom. The van der Waals surface area contributed by atoms with E-state index in [0.29, 0.717) is 18.6 Å². The van der Waals surface area contributed by atoms with Crippen molar-refractivity contribution in [1.82, 2.24) is 0 Å². The molecule has 0 spiro atoms. The molecule has 0 fully saturated rings. The number of methoxy groups -OCH3 is 1. The van der Waals surface area contributed by atoms with Gasteiger partial charge in [-0.2, -0.15) is 0 Å². The molecule has 0 radical (unpaired) electrons. The molecule has 1 aliphatic rings. The van der Waals surface area contributed by atoms with E-state index < -0.39 is 17.8 Å². The molecule has 1 aromatic carbocycles. The second-order valence-corrected chi connectivity index (χ2v) is 5.27. The van der Waals surface area contributed by atoms with Crippen molar-refractivity contribution < 1.29 is 19.7 Å². The van der Waals surface area contributed by atoms with Gasteiger partial charge in [0.2, 0.25) is 0 Å². The van der Waals surface area contributed by atoms with Crippen LogP contribution in [0.5, 0.6) is 11.5 Å². The molecule has 2 rings (SSSR count). The normalized spacial score (nSPS) is 23.8. The molecule has 0 saturated heterocycles. The molecule has 1 heterocycles. The van der Waals surface area contributed by atoms with Gasteiger partial charge in [0.15, 0.2) is 6.10 Å². The van der Waals surface area contributed by atoms with Crippen molar-refractivity contribution in [2.75, 3.05) is 7.11 Å². The topological polar surface area (TPSA) is 58.9 Å². The fourth-order valence-corrected chi connectivity index (χ4v) is 2.28. The summed E-state index contributed by atoms with van der Waals surface area (Å²) in [5, 5.41) is 20.1. The third-order valence-electron chi connectivity index (χ3n) is 3.28. The number of aliphatic hydroxyl groups excluding tert-OH is 1. The van der Waals surface area contributed by atoms with E-state index >= 15 is 0 Å². The van der Waals surface area contributed by atoms with Crippen molar-refractivity contribution in [3.05, 3.63) is 23.8 Å². The quantitative estimate of drug-likeness (QED) is 0.838. The summed E-state index contributed by atoms with van der Waals surface area (Å²) in [5.74, 6) is 1.48. The van der Waals surface area contributed by atoms with Crippen molar-refractivity contribution in [3.8, 4) is 11.5 Å². The summed E-state index contributed by atoms with van der Waals surface area (Å²) in [6.07, 6.45) is -0.0229. The Labute approximate surface area is 107 Å². The lowest BCUT2D eigenvalue weighted by Gasteiger charge is -2.32. The molecule has 2 N–H and O–H groups in total. The highest BCUT2D eigenvalue weighted by Gasteiger charge is 2.37. The molecule has 0 aromatic heterocycles. The van der Waals surface area contributed by atoms with Gasteiger partial charge in [0, 0.05) is 0 Å². The first kappa shape index (κ1) is 13.2. The molecule has 1 aromatic rings. The van der Waals surface area contributed by atoms with E-state index in [-0.39, 0.29) is 0 Å². The average Bonchev–Trinajstić information content (AvgIpc) is 2.48. The predicted octanol–water partition coefficient (Wildman–Crippen LogP) is 1.52. The molecule has 2 atom stereocenters. The average molecular weight is 252 g/mol. The molecule has 0 amide bonds. The zero-order chi connectivity index (χ0) is 13.3. The van der Waals surface area contributed by atoms with Crippen molar-refractivity contribution >= 4 is 0 Å². The van der Waals surface area contributed by atoms with E-state index in [4.69, 9.17) is 9.47 Å². The Morgan fingerprint density at radius 2 is 2.11 bits per heavy atom. The summed E-state index contributed by atoms with van der Waals surface area (Å²) >= 11 is 0. The van der Waals surface area contributed by atoms with Gasteiger partial charge in [0.05, 0.1) is 18.8 Å². The second kappa shape index (κ2) is 4.78. The van der Waals surface area contributed by atoms with Crippen LogP contribution in [0.15, 0.2) is 18.2 Å². The first-order valence-corrected chi connectivity index (χ1v) is 6.16. The fraction of sp³-hybridized carbons (Fsp3) is 0.571. The second-order valence-electron chi connectivity index (χ2n) is 5.27. The molecule has 4 heteroatoms. The first-order chi connectivity index (χ1) is 8.41. The van der Waals surface area contributed by atoms with Crippen LogP contribution in [0.4, 0.5) is 0 Å². The van der Waals surface area contributed by atoms with Gasteiger partial charge in [-0.05, 0) is 50.5 Å². The molecule has 100 valence electrons. The zero-order valence-electron chi connectivity index (χ0n) is 11.0. The van der Waals surface area contributed by atoms with E-state index in [1.165, 1.54) is 0 Å². The number of rotatable bonds is 2. The number of benzene rings is 1. The lowest BCUT2D eigenvalue weighted by atomic mass is 9.94. The largest absolute Gasteiger partial charge is 0.497 e. The standard InChI is InChI=1S/C14H20O4/c1-14(2,16)13-11(15)6-4-9-8-10(17-3)5-7-12(9)18-13/h5,7-8,11,13,15-16H,4,6H2,1-3H3/t11-,13-/m1/s1. The molecule has 4 nitrogen and oxygen atoms in total. The molecule has 0 aliphatic carbocycles. The minimum Gasteiger partial charge on any atom is -0.497 e. The van der Waals surface area contributed by atoms with Gasteiger partial charge in [-0.25, -0.2) is 0 Å². The molecule has 1 aliphatic heterocycles. The molecule has 0 unspecified atom stereocenters. The van der Waals surface area contributed by atoms with Gasteiger partial charge < -0.3 is 19.7 Å². The number of aliphatic hydroxyl groups is 2. The summed E-state index contributed by atoms with van der Waals surface area (Å²) in [7, 11) is 1.62. The van der Waals surface area contributed by atoms with Crippen molar-refractivity contribution in [2.24, 2.45) is 0 Å². The van der Waals surface area contributed by atoms with E-state index in [9.17, 15) is 10.2 Å². The molecule has 0 saturated carbocycles. The third-order valence-corrected chi connectivity index (χ3v) is 3.28. The number of hydrogen-bond acceptors (Lipinski definition) is 4. The maximum atomic E-state index is 10.1. The van der Waals surface area contributed by atoms with E-state index in [1.54, 1.807) is 21.0 Å². The van der Waals surface area contributed by atoms with Crippen molar-refractivity contribution in [1.29, 1.82) is 0 Å². The molecule has 18 heavy (non-hydrogen) atoms. The first-order valence-electron chi connectivity index (χ1n) is 6.16. The van der Waals surface area contributed by atoms with Crippen LogP contribution in [0.2, 0.25) is 0 Å². The van der Waals surface area contributed by atoms with E-state index in [2.05, 4.69) is 0 Å². The Morgan fingerprint density at radius 1 is 1.39 bits per heavy atom. The van der Waals surface area contributed by atoms with E-state index in [1.807, 2.05) is 18.2 Å². The Bertz CT molecular complexity index is 422. The number of fused-ring (bicyclic) bond motifs is 1. The summed E-state index contributed by atoms with van der Waals surface area (Å²) in [6, 6.07) is 5.55. The van der Waals surface area contributed by atoms with Crippen LogP contribution in [0, 0.1) is 0 Å². The SMILES string of the molecule is COc1ccc2c(c1)CC[C@@H](O)[C@H](C(C)(C)O)O2. The summed E-state index contributed by atoms with van der Waals surface area (Å²) < 4.78 is 11.0. The molecular weight excluding hydrogens is 232 g/mol. The Kier molecular flexibility index (Phi) is 3.50. The fourth-order valence-electron chi connectivity index (χ4n) is 2.28. The minimum absolute atomic E-state index is 0.564. The Hall–Kier alpha value is -1.26. The highest BCUT2D eigenvalue weighted by atomic mass is 16.5. The van der Waals surface area contributed by atoms with Gasteiger partial charge in [-0.15, -0.1) is 0 Å². The van der Waals surface area contributed by atoms with Crippen LogP contribution < -0.4 is 9.47 Å². The smallest absolute Gasteiger partial charge is 0.152 e. The monoisotopic (exact) mass is 252 g/mol. The highest BCUT2D eigenvalue weighted by molar-refractivity contribution is 5.41. The maximum Gasteiger partial charge on any atom is 0.152 e. The van der Waals surface area contributed by atoms with Gasteiger partial charge >= 0.3 is 0 Å². The van der Waals surface area contributed by atoms with E-state index in [0.717, 1.165) is 11.3 Å². The lowest BCUT2D eigenvalue weighted by molar-refractivity contribution is -0.0902. The zero-order valence-corrected chi connectivity index (χ0v) is 11.0. The van der Waals surface area contributed by atoms with Gasteiger partial charge in [0.25, 0.3) is 0 Å². The number of hydrogen-bond donors (Lipinski definition) is 2. The van der Waals surface area contributed by atoms with Gasteiger partial charge in [0.1, 0.15) is 11.5 Å². The number of aryl methyl sites for hydroxylation is 1. The summed E-state index contributed by atoms with van der Waals surface area (Å²) in [5.41, 5.74) is -0.0822. The van der Waals surface area contributed by atoms with Crippen LogP contribution in [0.25, 0.3) is 0 Å². The van der Waals surface area contributed by atoms with Gasteiger partial charge in [-0.1, -0.05) is 0 Å². The number of ether oxygens (including phenoxy) is 2. The van der Waals surface area contributed by atoms with Crippen LogP contribution in [-0.2, 0) is 6.42 Å². The minimum atomic E-state index is -1.08. The van der Waals surface area contributed by atoms with Gasteiger partial charge in [-0.3, -0.25) is 0 Å². The summed E-state index contributed by atoms with van der Waals surface area (Å²) in [4.78, 5) is 0. The van der Waals surface area contributed by atoms with Crippen LogP contribution in [0.3, 0.4) is 0 Å². The third kappa shape index (κ3) is 2.60. The predicted molar refractivity (Wildman–Crippen MR) is 68.0 cm³/mol. The summed E-state index contributed by atoms with van der Waals surface area (Å²) in [6.45, 7) is 3.30.